The number of nitrogens with two attached hydrogens (primary N) is 1. The Morgan fingerprint density at radius 1 is 1.13 bits per heavy atom. The normalized spacial score (nSPS) is 29.0. The van der Waals surface area contributed by atoms with Crippen LogP contribution in [0.3, 0.4) is 0 Å². The molecule has 4 heterocycles. The summed E-state index contributed by atoms with van der Waals surface area (Å²) in [4.78, 5) is 7.01. The Morgan fingerprint density at radius 2 is 1.90 bits per heavy atom. The van der Waals surface area contributed by atoms with Crippen molar-refractivity contribution in [2.24, 2.45) is 11.8 Å². The van der Waals surface area contributed by atoms with Gasteiger partial charge in [-0.15, -0.1) is 0 Å². The maximum absolute atomic E-state index is 6.03. The van der Waals surface area contributed by atoms with Crippen LogP contribution in [-0.2, 0) is 4.74 Å². The number of pyridine rings is 1. The van der Waals surface area contributed by atoms with Crippen molar-refractivity contribution in [3.05, 3.63) is 24.0 Å². The van der Waals surface area contributed by atoms with Gasteiger partial charge in [0.05, 0.1) is 37.1 Å². The van der Waals surface area contributed by atoms with E-state index in [1.165, 1.54) is 38.0 Å². The monoisotopic (exact) mass is 409 g/mol. The minimum absolute atomic E-state index is 0.0577. The molecular weight excluding hydrogens is 378 g/mol. The lowest BCUT2D eigenvalue weighted by Crippen LogP contribution is -2.48. The molecule has 0 radical (unpaired) electrons. The lowest BCUT2D eigenvalue weighted by atomic mass is 9.93. The molecule has 7 nitrogen and oxygen atoms in total. The summed E-state index contributed by atoms with van der Waals surface area (Å²) >= 11 is 0. The molecule has 0 spiro atoms. The van der Waals surface area contributed by atoms with Crippen LogP contribution < -0.4 is 10.5 Å². The average Bonchev–Trinajstić information content (AvgIpc) is 2.97. The minimum Gasteiger partial charge on any atom is -0.487 e. The Kier molecular flexibility index (Phi) is 4.32. The molecule has 160 valence electrons. The van der Waals surface area contributed by atoms with Gasteiger partial charge in [0, 0.05) is 36.5 Å². The second-order valence-corrected chi connectivity index (χ2v) is 9.76. The van der Waals surface area contributed by atoms with E-state index in [1.54, 1.807) is 0 Å². The van der Waals surface area contributed by atoms with E-state index in [1.807, 2.05) is 26.1 Å². The molecule has 2 aromatic rings. The fourth-order valence-electron chi connectivity index (χ4n) is 5.40. The van der Waals surface area contributed by atoms with Crippen LogP contribution >= 0.6 is 0 Å². The zero-order valence-electron chi connectivity index (χ0n) is 17.8. The number of nitrogens with zero attached hydrogens (tertiary/aromatic N) is 4. The summed E-state index contributed by atoms with van der Waals surface area (Å²) in [6, 6.07) is 5.51. The van der Waals surface area contributed by atoms with Crippen LogP contribution in [0.25, 0.3) is 11.3 Å². The number of piperidine rings is 1. The molecule has 2 unspecified atom stereocenters. The third kappa shape index (κ3) is 3.02. The third-order valence-corrected chi connectivity index (χ3v) is 7.43. The van der Waals surface area contributed by atoms with Crippen LogP contribution in [0.15, 0.2) is 18.3 Å². The van der Waals surface area contributed by atoms with Gasteiger partial charge < -0.3 is 15.2 Å². The van der Waals surface area contributed by atoms with Gasteiger partial charge in [0.15, 0.2) is 11.6 Å². The number of likely N-dealkylation sites (tertiary alicyclic amines) is 1. The molecule has 4 aliphatic rings. The van der Waals surface area contributed by atoms with Crippen molar-refractivity contribution in [2.75, 3.05) is 32.0 Å². The number of nitrogen functional groups attached to an aromatic ring is 1. The maximum Gasteiger partial charge on any atom is 0.166 e. The highest BCUT2D eigenvalue weighted by Crippen LogP contribution is 2.59. The lowest BCUT2D eigenvalue weighted by Gasteiger charge is -2.36. The van der Waals surface area contributed by atoms with Crippen LogP contribution in [0.2, 0.25) is 0 Å². The Morgan fingerprint density at radius 3 is 2.50 bits per heavy atom. The van der Waals surface area contributed by atoms with Crippen molar-refractivity contribution >= 4 is 5.82 Å². The van der Waals surface area contributed by atoms with E-state index in [0.717, 1.165) is 36.3 Å². The Bertz CT molecular complexity index is 937. The predicted molar refractivity (Wildman–Crippen MR) is 114 cm³/mol. The highest BCUT2D eigenvalue weighted by molar-refractivity contribution is 5.64. The fraction of sp³-hybridized carbons (Fsp3) is 0.652. The average molecular weight is 410 g/mol. The Labute approximate surface area is 177 Å². The predicted octanol–water partition coefficient (Wildman–Crippen LogP) is 3.08. The van der Waals surface area contributed by atoms with E-state index in [0.29, 0.717) is 29.6 Å². The van der Waals surface area contributed by atoms with Gasteiger partial charge in [0.2, 0.25) is 0 Å². The molecule has 2 saturated heterocycles. The molecule has 2 aromatic heterocycles. The second kappa shape index (κ2) is 6.95. The van der Waals surface area contributed by atoms with E-state index in [-0.39, 0.29) is 6.10 Å². The van der Waals surface area contributed by atoms with Crippen LogP contribution in [0, 0.1) is 11.8 Å². The number of rotatable bonds is 6. The first-order valence-corrected chi connectivity index (χ1v) is 11.4. The molecule has 7 heteroatoms. The molecule has 2 aliphatic heterocycles. The molecule has 6 rings (SSSR count). The van der Waals surface area contributed by atoms with E-state index in [2.05, 4.69) is 20.6 Å². The molecule has 2 N–H and O–H groups in total. The first-order valence-electron chi connectivity index (χ1n) is 11.4. The zero-order valence-corrected chi connectivity index (χ0v) is 17.8. The summed E-state index contributed by atoms with van der Waals surface area (Å²) in [7, 11) is 0. The molecule has 0 aromatic carbocycles. The summed E-state index contributed by atoms with van der Waals surface area (Å²) in [6.45, 7) is 8.26. The molecule has 2 atom stereocenters. The quantitative estimate of drug-likeness (QED) is 0.790. The van der Waals surface area contributed by atoms with Crippen LogP contribution in [0.5, 0.6) is 5.75 Å². The summed E-state index contributed by atoms with van der Waals surface area (Å²) in [5.41, 5.74) is 9.43. The first-order chi connectivity index (χ1) is 14.6. The van der Waals surface area contributed by atoms with E-state index in [9.17, 15) is 0 Å². The number of hydrogen-bond donors (Lipinski definition) is 1. The summed E-state index contributed by atoms with van der Waals surface area (Å²) < 4.78 is 13.6. The summed E-state index contributed by atoms with van der Waals surface area (Å²) in [5, 5.41) is 5.07. The smallest absolute Gasteiger partial charge is 0.166 e. The highest BCUT2D eigenvalue weighted by atomic mass is 16.5. The Balaban J connectivity index is 1.28. The van der Waals surface area contributed by atoms with E-state index in [4.69, 9.17) is 20.3 Å². The fourth-order valence-corrected chi connectivity index (χ4v) is 5.40. The molecule has 2 saturated carbocycles. The van der Waals surface area contributed by atoms with E-state index >= 15 is 0 Å². The number of ether oxygens (including phenoxy) is 2. The van der Waals surface area contributed by atoms with Crippen molar-refractivity contribution in [2.45, 2.75) is 57.2 Å². The third-order valence-electron chi connectivity index (χ3n) is 7.43. The standard InChI is InChI=1S/C23H31N5O2/c1-13(2)30-21-6-14(8-25-23(21)24)19-7-20(28(26-19)15-4-3-5-15)22-17-9-27(10-18(17)22)16-11-29-12-16/h6-8,13,15-18,22H,3-5,9-12H2,1-2H3,(H2,24,25). The van der Waals surface area contributed by atoms with Crippen molar-refractivity contribution in [3.8, 4) is 17.0 Å². The minimum atomic E-state index is 0.0577. The van der Waals surface area contributed by atoms with E-state index < -0.39 is 0 Å². The number of aromatic nitrogens is 3. The van der Waals surface area contributed by atoms with Gasteiger partial charge in [-0.25, -0.2) is 4.98 Å². The van der Waals surface area contributed by atoms with Crippen LogP contribution in [0.4, 0.5) is 5.82 Å². The van der Waals surface area contributed by atoms with Gasteiger partial charge in [0.1, 0.15) is 0 Å². The van der Waals surface area contributed by atoms with Crippen molar-refractivity contribution in [1.29, 1.82) is 0 Å². The molecular formula is C23H31N5O2. The molecule has 0 amide bonds. The van der Waals surface area contributed by atoms with Crippen molar-refractivity contribution in [3.63, 3.8) is 0 Å². The number of fused-ring (bicyclic) bond motifs is 1. The summed E-state index contributed by atoms with van der Waals surface area (Å²) in [5.74, 6) is 3.28. The van der Waals surface area contributed by atoms with Crippen LogP contribution in [-0.4, -0.2) is 58.1 Å². The number of hydrogen-bond acceptors (Lipinski definition) is 6. The van der Waals surface area contributed by atoms with Gasteiger partial charge >= 0.3 is 0 Å². The van der Waals surface area contributed by atoms with Gasteiger partial charge in [-0.2, -0.15) is 5.10 Å². The molecule has 4 fully saturated rings. The molecule has 0 bridgehead atoms. The first kappa shape index (κ1) is 18.6. The summed E-state index contributed by atoms with van der Waals surface area (Å²) in [6.07, 6.45) is 5.67. The van der Waals surface area contributed by atoms with Crippen LogP contribution in [0.1, 0.15) is 50.8 Å². The van der Waals surface area contributed by atoms with Crippen molar-refractivity contribution in [1.82, 2.24) is 19.7 Å². The van der Waals surface area contributed by atoms with Gasteiger partial charge in [-0.1, -0.05) is 0 Å². The number of anilines is 1. The van der Waals surface area contributed by atoms with Crippen molar-refractivity contribution < 1.29 is 9.47 Å². The zero-order chi connectivity index (χ0) is 20.4. The van der Waals surface area contributed by atoms with Gasteiger partial charge in [-0.05, 0) is 57.1 Å². The molecule has 30 heavy (non-hydrogen) atoms. The molecule has 2 aliphatic carbocycles. The highest BCUT2D eigenvalue weighted by Gasteiger charge is 2.59. The lowest BCUT2D eigenvalue weighted by molar-refractivity contribution is -0.0610. The SMILES string of the molecule is CC(C)Oc1cc(-c2cc(C3C4CN(C5COC5)CC43)n(C3CCC3)n2)cnc1N. The van der Waals surface area contributed by atoms with Gasteiger partial charge in [-0.3, -0.25) is 9.58 Å². The maximum atomic E-state index is 6.03. The second-order valence-electron chi connectivity index (χ2n) is 9.76. The topological polar surface area (TPSA) is 78.4 Å². The Hall–Kier alpha value is -2.12. The van der Waals surface area contributed by atoms with Gasteiger partial charge in [0.25, 0.3) is 0 Å². The largest absolute Gasteiger partial charge is 0.487 e.